The molecule has 0 aliphatic heterocycles. The first-order valence-electron chi connectivity index (χ1n) is 4.20. The van der Waals surface area contributed by atoms with Crippen molar-refractivity contribution in [3.05, 3.63) is 34.9 Å². The van der Waals surface area contributed by atoms with Crippen molar-refractivity contribution in [1.29, 1.82) is 0 Å². The summed E-state index contributed by atoms with van der Waals surface area (Å²) in [6.45, 7) is 0. The fourth-order valence-corrected chi connectivity index (χ4v) is 1.44. The molecule has 0 heterocycles. The van der Waals surface area contributed by atoms with Gasteiger partial charge < -0.3 is 10.2 Å². The highest BCUT2D eigenvalue weighted by Gasteiger charge is 2.22. The standard InChI is InChI=1S/C10H9ClO4/c11-7-3-1-2-6(4-7)8(10(14)15)5-9(12)13/h1-4,8H,5H2,(H,12,13)(H,14,15)/t8-/m1/s1. The largest absolute Gasteiger partial charge is 0.481 e. The fraction of sp³-hybridized carbons (Fsp3) is 0.200. The van der Waals surface area contributed by atoms with Gasteiger partial charge in [0.15, 0.2) is 0 Å². The summed E-state index contributed by atoms with van der Waals surface area (Å²) in [5, 5.41) is 17.8. The van der Waals surface area contributed by atoms with Crippen LogP contribution in [-0.4, -0.2) is 22.2 Å². The molecule has 0 unspecified atom stereocenters. The van der Waals surface area contributed by atoms with E-state index in [1.165, 1.54) is 6.07 Å². The maximum atomic E-state index is 10.8. The number of hydrogen-bond acceptors (Lipinski definition) is 2. The average molecular weight is 229 g/mol. The molecule has 15 heavy (non-hydrogen) atoms. The summed E-state index contributed by atoms with van der Waals surface area (Å²) in [4.78, 5) is 21.3. The number of aliphatic carboxylic acids is 2. The van der Waals surface area contributed by atoms with Crippen molar-refractivity contribution in [2.75, 3.05) is 0 Å². The van der Waals surface area contributed by atoms with Crippen LogP contribution in [0.1, 0.15) is 17.9 Å². The summed E-state index contributed by atoms with van der Waals surface area (Å²) >= 11 is 5.69. The van der Waals surface area contributed by atoms with E-state index in [1.54, 1.807) is 18.2 Å². The van der Waals surface area contributed by atoms with Crippen LogP contribution in [0.3, 0.4) is 0 Å². The third kappa shape index (κ3) is 3.25. The van der Waals surface area contributed by atoms with E-state index in [2.05, 4.69) is 0 Å². The average Bonchev–Trinajstić information content (AvgIpc) is 2.13. The van der Waals surface area contributed by atoms with Crippen LogP contribution in [0.15, 0.2) is 24.3 Å². The maximum Gasteiger partial charge on any atom is 0.311 e. The number of hydrogen-bond donors (Lipinski definition) is 2. The van der Waals surface area contributed by atoms with Crippen molar-refractivity contribution in [2.24, 2.45) is 0 Å². The summed E-state index contributed by atoms with van der Waals surface area (Å²) in [5.41, 5.74) is 0.400. The third-order valence-electron chi connectivity index (χ3n) is 1.93. The third-order valence-corrected chi connectivity index (χ3v) is 2.16. The first-order chi connectivity index (χ1) is 7.00. The lowest BCUT2D eigenvalue weighted by molar-refractivity contribution is -0.145. The van der Waals surface area contributed by atoms with E-state index >= 15 is 0 Å². The van der Waals surface area contributed by atoms with Gasteiger partial charge >= 0.3 is 11.9 Å². The minimum absolute atomic E-state index is 0.393. The number of rotatable bonds is 4. The van der Waals surface area contributed by atoms with Crippen molar-refractivity contribution >= 4 is 23.5 Å². The van der Waals surface area contributed by atoms with Crippen molar-refractivity contribution in [3.8, 4) is 0 Å². The SMILES string of the molecule is O=C(O)C[C@@H](C(=O)O)c1cccc(Cl)c1. The van der Waals surface area contributed by atoms with Gasteiger partial charge in [-0.05, 0) is 17.7 Å². The van der Waals surface area contributed by atoms with Gasteiger partial charge in [-0.3, -0.25) is 9.59 Å². The number of benzene rings is 1. The Bertz CT molecular complexity index is 389. The Hall–Kier alpha value is -1.55. The molecule has 0 aliphatic rings. The fourth-order valence-electron chi connectivity index (χ4n) is 1.25. The van der Waals surface area contributed by atoms with Gasteiger partial charge in [-0.2, -0.15) is 0 Å². The van der Waals surface area contributed by atoms with Crippen molar-refractivity contribution in [1.82, 2.24) is 0 Å². The Balaban J connectivity index is 2.98. The number of carbonyl (C=O) groups is 2. The normalized spacial score (nSPS) is 12.1. The summed E-state index contributed by atoms with van der Waals surface area (Å²) in [7, 11) is 0. The van der Waals surface area contributed by atoms with Crippen LogP contribution in [0.2, 0.25) is 5.02 Å². The highest BCUT2D eigenvalue weighted by Crippen LogP contribution is 2.22. The lowest BCUT2D eigenvalue weighted by atomic mass is 9.96. The smallest absolute Gasteiger partial charge is 0.311 e. The van der Waals surface area contributed by atoms with Gasteiger partial charge in [0.25, 0.3) is 0 Å². The molecule has 0 saturated heterocycles. The van der Waals surface area contributed by atoms with Gasteiger partial charge in [0.05, 0.1) is 12.3 Å². The van der Waals surface area contributed by atoms with Crippen LogP contribution in [-0.2, 0) is 9.59 Å². The van der Waals surface area contributed by atoms with E-state index in [-0.39, 0.29) is 0 Å². The molecular formula is C10H9ClO4. The number of carboxylic acids is 2. The number of halogens is 1. The molecule has 1 atom stereocenters. The second-order valence-electron chi connectivity index (χ2n) is 3.04. The minimum atomic E-state index is -1.17. The second-order valence-corrected chi connectivity index (χ2v) is 3.48. The van der Waals surface area contributed by atoms with Gasteiger partial charge in [-0.1, -0.05) is 23.7 Å². The van der Waals surface area contributed by atoms with E-state index < -0.39 is 24.3 Å². The van der Waals surface area contributed by atoms with Crippen molar-refractivity contribution in [2.45, 2.75) is 12.3 Å². The van der Waals surface area contributed by atoms with E-state index in [4.69, 9.17) is 21.8 Å². The predicted octanol–water partition coefficient (Wildman–Crippen LogP) is 1.98. The van der Waals surface area contributed by atoms with Gasteiger partial charge in [0, 0.05) is 5.02 Å². The van der Waals surface area contributed by atoms with E-state index in [9.17, 15) is 9.59 Å². The van der Waals surface area contributed by atoms with Crippen LogP contribution in [0, 0.1) is 0 Å². The molecule has 0 aromatic heterocycles. The topological polar surface area (TPSA) is 74.6 Å². The molecule has 5 heteroatoms. The monoisotopic (exact) mass is 228 g/mol. The minimum Gasteiger partial charge on any atom is -0.481 e. The molecule has 2 N–H and O–H groups in total. The van der Waals surface area contributed by atoms with Crippen LogP contribution < -0.4 is 0 Å². The predicted molar refractivity (Wildman–Crippen MR) is 54.1 cm³/mol. The maximum absolute atomic E-state index is 10.8. The van der Waals surface area contributed by atoms with Crippen LogP contribution in [0.25, 0.3) is 0 Å². The molecule has 0 aliphatic carbocycles. The van der Waals surface area contributed by atoms with Crippen molar-refractivity contribution in [3.63, 3.8) is 0 Å². The van der Waals surface area contributed by atoms with Gasteiger partial charge in [-0.25, -0.2) is 0 Å². The van der Waals surface area contributed by atoms with Crippen LogP contribution in [0.5, 0.6) is 0 Å². The zero-order valence-corrected chi connectivity index (χ0v) is 8.44. The first-order valence-corrected chi connectivity index (χ1v) is 4.58. The molecule has 1 aromatic carbocycles. The Morgan fingerprint density at radius 2 is 2.00 bits per heavy atom. The van der Waals surface area contributed by atoms with Gasteiger partial charge in [0.1, 0.15) is 0 Å². The quantitative estimate of drug-likeness (QED) is 0.826. The Morgan fingerprint density at radius 3 is 2.47 bits per heavy atom. The van der Waals surface area contributed by atoms with E-state index in [0.29, 0.717) is 10.6 Å². The summed E-state index contributed by atoms with van der Waals surface area (Å²) in [6.07, 6.45) is -0.449. The van der Waals surface area contributed by atoms with E-state index in [0.717, 1.165) is 0 Å². The molecule has 0 fully saturated rings. The van der Waals surface area contributed by atoms with Gasteiger partial charge in [0.2, 0.25) is 0 Å². The number of carboxylic acid groups (broad SMARTS) is 2. The molecule has 80 valence electrons. The van der Waals surface area contributed by atoms with Crippen molar-refractivity contribution < 1.29 is 19.8 Å². The molecular weight excluding hydrogens is 220 g/mol. The first kappa shape index (κ1) is 11.5. The highest BCUT2D eigenvalue weighted by atomic mass is 35.5. The van der Waals surface area contributed by atoms with E-state index in [1.807, 2.05) is 0 Å². The van der Waals surface area contributed by atoms with Gasteiger partial charge in [-0.15, -0.1) is 0 Å². The molecule has 0 radical (unpaired) electrons. The molecule has 0 bridgehead atoms. The molecule has 0 spiro atoms. The molecule has 1 rings (SSSR count). The second kappa shape index (κ2) is 4.79. The highest BCUT2D eigenvalue weighted by molar-refractivity contribution is 6.30. The lowest BCUT2D eigenvalue weighted by Crippen LogP contribution is -2.15. The Morgan fingerprint density at radius 1 is 1.33 bits per heavy atom. The molecule has 0 amide bonds. The lowest BCUT2D eigenvalue weighted by Gasteiger charge is -2.10. The Kier molecular flexibility index (Phi) is 3.68. The molecule has 4 nitrogen and oxygen atoms in total. The zero-order valence-electron chi connectivity index (χ0n) is 7.68. The molecule has 1 aromatic rings. The molecule has 0 saturated carbocycles. The Labute approximate surface area is 91.1 Å². The summed E-state index contributed by atoms with van der Waals surface area (Å²) in [6, 6.07) is 6.21. The van der Waals surface area contributed by atoms with Crippen LogP contribution in [0.4, 0.5) is 0 Å². The van der Waals surface area contributed by atoms with Crippen LogP contribution >= 0.6 is 11.6 Å². The summed E-state index contributed by atoms with van der Waals surface area (Å²) in [5.74, 6) is -3.37. The zero-order chi connectivity index (χ0) is 11.4. The summed E-state index contributed by atoms with van der Waals surface area (Å²) < 4.78 is 0.